The molecule has 0 rings (SSSR count). The van der Waals surface area contributed by atoms with Crippen molar-refractivity contribution in [2.45, 2.75) is 26.8 Å². The monoisotopic (exact) mass is 204 g/mol. The van der Waals surface area contributed by atoms with Gasteiger partial charge in [-0.25, -0.2) is 0 Å². The number of hydrogen-bond donors (Lipinski definition) is 1. The van der Waals surface area contributed by atoms with E-state index >= 15 is 0 Å². The van der Waals surface area contributed by atoms with Gasteiger partial charge in [0.05, 0.1) is 6.61 Å². The number of likely N-dealkylation sites (N-methyl/N-ethyl adjacent to an activating group) is 1. The molecule has 0 saturated carbocycles. The number of hydrogen-bond acceptors (Lipinski definition) is 2. The third-order valence-electron chi connectivity index (χ3n) is 1.53. The molecule has 0 unspecified atom stereocenters. The quantitative estimate of drug-likeness (QED) is 0.538. The Morgan fingerprint density at radius 1 is 1.54 bits per heavy atom. The molecule has 0 aromatic rings. The van der Waals surface area contributed by atoms with Crippen LogP contribution in [0.15, 0.2) is 0 Å². The summed E-state index contributed by atoms with van der Waals surface area (Å²) < 4.78 is 5.23. The number of nitrogens with zero attached hydrogens (tertiary/aromatic N) is 1. The lowest BCUT2D eigenvalue weighted by Crippen LogP contribution is -2.41. The number of rotatable bonds is 5. The topological polar surface area (TPSA) is 24.5 Å². The van der Waals surface area contributed by atoms with E-state index in [0.717, 1.165) is 24.9 Å². The first-order chi connectivity index (χ1) is 6.07. The molecule has 1 N–H and O–H groups in total. The largest absolute Gasteiger partial charge is 0.380 e. The highest BCUT2D eigenvalue weighted by atomic mass is 32.1. The van der Waals surface area contributed by atoms with Gasteiger partial charge in [0, 0.05) is 26.2 Å². The predicted octanol–water partition coefficient (Wildman–Crippen LogP) is 1.24. The van der Waals surface area contributed by atoms with E-state index in [-0.39, 0.29) is 0 Å². The van der Waals surface area contributed by atoms with E-state index in [1.807, 2.05) is 18.9 Å². The van der Waals surface area contributed by atoms with Crippen LogP contribution >= 0.6 is 12.2 Å². The second-order valence-electron chi connectivity index (χ2n) is 3.22. The molecule has 0 saturated heterocycles. The standard InChI is InChI=1S/C9H20N2OS/c1-5-12-7-6-11(4)9(13)10-8(2)3/h8H,5-7H2,1-4H3,(H,10,13). The van der Waals surface area contributed by atoms with Crippen molar-refractivity contribution in [1.82, 2.24) is 10.2 Å². The second-order valence-corrected chi connectivity index (χ2v) is 3.61. The van der Waals surface area contributed by atoms with Gasteiger partial charge >= 0.3 is 0 Å². The third-order valence-corrected chi connectivity index (χ3v) is 1.96. The molecule has 0 bridgehead atoms. The van der Waals surface area contributed by atoms with Gasteiger partial charge in [-0.05, 0) is 33.0 Å². The van der Waals surface area contributed by atoms with Crippen molar-refractivity contribution in [1.29, 1.82) is 0 Å². The average Bonchev–Trinajstić information content (AvgIpc) is 2.03. The minimum atomic E-state index is 0.391. The Morgan fingerprint density at radius 2 is 2.15 bits per heavy atom. The Bertz CT molecular complexity index is 151. The Morgan fingerprint density at radius 3 is 2.62 bits per heavy atom. The first-order valence-corrected chi connectivity index (χ1v) is 5.08. The van der Waals surface area contributed by atoms with Crippen molar-refractivity contribution in [3.8, 4) is 0 Å². The van der Waals surface area contributed by atoms with Gasteiger partial charge in [-0.1, -0.05) is 0 Å². The molecular formula is C9H20N2OS. The predicted molar refractivity (Wildman–Crippen MR) is 60.0 cm³/mol. The van der Waals surface area contributed by atoms with Crippen LogP contribution in [0, 0.1) is 0 Å². The van der Waals surface area contributed by atoms with Crippen molar-refractivity contribution < 1.29 is 4.74 Å². The average molecular weight is 204 g/mol. The fraction of sp³-hybridized carbons (Fsp3) is 0.889. The molecule has 0 aromatic carbocycles. The summed E-state index contributed by atoms with van der Waals surface area (Å²) in [5.74, 6) is 0. The van der Waals surface area contributed by atoms with Gasteiger partial charge in [0.15, 0.2) is 5.11 Å². The highest BCUT2D eigenvalue weighted by Gasteiger charge is 2.03. The zero-order chi connectivity index (χ0) is 10.3. The highest BCUT2D eigenvalue weighted by molar-refractivity contribution is 7.80. The Labute approximate surface area is 86.4 Å². The molecule has 0 spiro atoms. The summed E-state index contributed by atoms with van der Waals surface area (Å²) in [6.07, 6.45) is 0. The normalized spacial score (nSPS) is 10.2. The fourth-order valence-electron chi connectivity index (χ4n) is 0.805. The molecule has 0 amide bonds. The molecule has 0 atom stereocenters. The Balaban J connectivity index is 3.57. The Hall–Kier alpha value is -0.350. The van der Waals surface area contributed by atoms with E-state index < -0.39 is 0 Å². The van der Waals surface area contributed by atoms with E-state index in [4.69, 9.17) is 17.0 Å². The van der Waals surface area contributed by atoms with E-state index in [1.165, 1.54) is 0 Å². The lowest BCUT2D eigenvalue weighted by molar-refractivity contribution is 0.136. The summed E-state index contributed by atoms with van der Waals surface area (Å²) in [5.41, 5.74) is 0. The van der Waals surface area contributed by atoms with Gasteiger partial charge in [-0.2, -0.15) is 0 Å². The van der Waals surface area contributed by atoms with Crippen LogP contribution in [-0.4, -0.2) is 42.9 Å². The lowest BCUT2D eigenvalue weighted by Gasteiger charge is -2.22. The van der Waals surface area contributed by atoms with Gasteiger partial charge in [-0.15, -0.1) is 0 Å². The zero-order valence-electron chi connectivity index (χ0n) is 8.96. The molecule has 0 aliphatic rings. The van der Waals surface area contributed by atoms with E-state index in [2.05, 4.69) is 19.2 Å². The molecule has 0 aliphatic heterocycles. The molecule has 0 aromatic heterocycles. The second kappa shape index (κ2) is 7.09. The van der Waals surface area contributed by atoms with Gasteiger partial charge in [-0.3, -0.25) is 0 Å². The lowest BCUT2D eigenvalue weighted by atomic mass is 10.4. The molecule has 4 heteroatoms. The smallest absolute Gasteiger partial charge is 0.168 e. The summed E-state index contributed by atoms with van der Waals surface area (Å²) in [7, 11) is 1.97. The van der Waals surface area contributed by atoms with Crippen molar-refractivity contribution in [3.05, 3.63) is 0 Å². The summed E-state index contributed by atoms with van der Waals surface area (Å²) in [4.78, 5) is 1.99. The minimum absolute atomic E-state index is 0.391. The van der Waals surface area contributed by atoms with Crippen LogP contribution in [0.25, 0.3) is 0 Å². The van der Waals surface area contributed by atoms with Gasteiger partial charge < -0.3 is 15.0 Å². The maximum Gasteiger partial charge on any atom is 0.168 e. The fourth-order valence-corrected chi connectivity index (χ4v) is 1.13. The SMILES string of the molecule is CCOCCN(C)C(=S)NC(C)C. The van der Waals surface area contributed by atoms with Crippen LogP contribution in [0.1, 0.15) is 20.8 Å². The first kappa shape index (κ1) is 12.7. The van der Waals surface area contributed by atoms with Crippen molar-refractivity contribution >= 4 is 17.3 Å². The highest BCUT2D eigenvalue weighted by Crippen LogP contribution is 1.88. The van der Waals surface area contributed by atoms with E-state index in [1.54, 1.807) is 0 Å². The third kappa shape index (κ3) is 6.78. The number of nitrogens with one attached hydrogen (secondary N) is 1. The number of thiocarbonyl (C=S) groups is 1. The van der Waals surface area contributed by atoms with Crippen LogP contribution in [0.4, 0.5) is 0 Å². The van der Waals surface area contributed by atoms with E-state index in [0.29, 0.717) is 6.04 Å². The van der Waals surface area contributed by atoms with Crippen molar-refractivity contribution in [2.24, 2.45) is 0 Å². The van der Waals surface area contributed by atoms with Crippen LogP contribution in [-0.2, 0) is 4.74 Å². The molecule has 0 heterocycles. The van der Waals surface area contributed by atoms with Crippen LogP contribution in [0.5, 0.6) is 0 Å². The summed E-state index contributed by atoms with van der Waals surface area (Å²) >= 11 is 5.16. The molecular weight excluding hydrogens is 184 g/mol. The Kier molecular flexibility index (Phi) is 6.90. The van der Waals surface area contributed by atoms with Crippen LogP contribution in [0.2, 0.25) is 0 Å². The molecule has 0 aliphatic carbocycles. The molecule has 0 fully saturated rings. The molecule has 78 valence electrons. The minimum Gasteiger partial charge on any atom is -0.380 e. The molecule has 0 radical (unpaired) electrons. The van der Waals surface area contributed by atoms with Gasteiger partial charge in [0.2, 0.25) is 0 Å². The van der Waals surface area contributed by atoms with E-state index in [9.17, 15) is 0 Å². The van der Waals surface area contributed by atoms with Gasteiger partial charge in [0.25, 0.3) is 0 Å². The van der Waals surface area contributed by atoms with Crippen LogP contribution < -0.4 is 5.32 Å². The van der Waals surface area contributed by atoms with Crippen LogP contribution in [0.3, 0.4) is 0 Å². The maximum absolute atomic E-state index is 5.23. The van der Waals surface area contributed by atoms with Gasteiger partial charge in [0.1, 0.15) is 0 Å². The zero-order valence-corrected chi connectivity index (χ0v) is 9.78. The summed E-state index contributed by atoms with van der Waals surface area (Å²) in [6, 6.07) is 0.391. The maximum atomic E-state index is 5.23. The summed E-state index contributed by atoms with van der Waals surface area (Å²) in [6.45, 7) is 8.47. The molecule has 13 heavy (non-hydrogen) atoms. The van der Waals surface area contributed by atoms with Crippen molar-refractivity contribution in [2.75, 3.05) is 26.8 Å². The first-order valence-electron chi connectivity index (χ1n) is 4.67. The molecule has 3 nitrogen and oxygen atoms in total. The number of ether oxygens (including phenoxy) is 1. The van der Waals surface area contributed by atoms with Crippen molar-refractivity contribution in [3.63, 3.8) is 0 Å². The summed E-state index contributed by atoms with van der Waals surface area (Å²) in [5, 5.41) is 3.96.